The Bertz CT molecular complexity index is 494. The zero-order chi connectivity index (χ0) is 14.5. The van der Waals surface area contributed by atoms with Crippen LogP contribution in [0.15, 0.2) is 16.6 Å². The first-order chi connectivity index (χ1) is 9.65. The maximum absolute atomic E-state index is 11.6. The van der Waals surface area contributed by atoms with E-state index in [0.717, 1.165) is 10.0 Å². The van der Waals surface area contributed by atoms with E-state index in [2.05, 4.69) is 21.2 Å². The van der Waals surface area contributed by atoms with E-state index in [1.807, 2.05) is 12.1 Å². The van der Waals surface area contributed by atoms with Crippen molar-refractivity contribution in [1.82, 2.24) is 5.32 Å². The van der Waals surface area contributed by atoms with Gasteiger partial charge in [0.05, 0.1) is 13.2 Å². The van der Waals surface area contributed by atoms with Gasteiger partial charge in [0.15, 0.2) is 11.5 Å². The summed E-state index contributed by atoms with van der Waals surface area (Å²) in [5.74, 6) is 0.887. The predicted molar refractivity (Wildman–Crippen MR) is 74.6 cm³/mol. The van der Waals surface area contributed by atoms with Gasteiger partial charge in [0.1, 0.15) is 6.04 Å². The molecule has 0 aliphatic carbocycles. The maximum Gasteiger partial charge on any atom is 0.325 e. The molecule has 1 heterocycles. The van der Waals surface area contributed by atoms with Crippen LogP contribution in [-0.2, 0) is 16.1 Å². The summed E-state index contributed by atoms with van der Waals surface area (Å²) in [6, 6.07) is 2.91. The van der Waals surface area contributed by atoms with Crippen LogP contribution < -0.4 is 14.8 Å². The van der Waals surface area contributed by atoms with Gasteiger partial charge in [0.2, 0.25) is 6.79 Å². The van der Waals surface area contributed by atoms with Crippen molar-refractivity contribution in [3.63, 3.8) is 0 Å². The van der Waals surface area contributed by atoms with E-state index >= 15 is 0 Å². The van der Waals surface area contributed by atoms with Crippen molar-refractivity contribution in [2.75, 3.05) is 20.0 Å². The predicted octanol–water partition coefficient (Wildman–Crippen LogP) is 1.19. The molecule has 0 fully saturated rings. The number of aliphatic hydroxyl groups excluding tert-OH is 1. The molecule has 1 unspecified atom stereocenters. The fraction of sp³-hybridized carbons (Fsp3) is 0.462. The molecular formula is C13H16BrNO5. The highest BCUT2D eigenvalue weighted by Gasteiger charge is 2.20. The van der Waals surface area contributed by atoms with Gasteiger partial charge in [-0.15, -0.1) is 0 Å². The molecule has 110 valence electrons. The Kier molecular flexibility index (Phi) is 5.22. The topological polar surface area (TPSA) is 77.0 Å². The number of hydrogen-bond acceptors (Lipinski definition) is 6. The molecule has 1 atom stereocenters. The lowest BCUT2D eigenvalue weighted by Crippen LogP contribution is -2.40. The van der Waals surface area contributed by atoms with Crippen molar-refractivity contribution in [3.05, 3.63) is 22.2 Å². The van der Waals surface area contributed by atoms with E-state index in [4.69, 9.17) is 14.2 Å². The van der Waals surface area contributed by atoms with Gasteiger partial charge >= 0.3 is 5.97 Å². The van der Waals surface area contributed by atoms with Crippen molar-refractivity contribution < 1.29 is 24.1 Å². The molecule has 2 rings (SSSR count). The summed E-state index contributed by atoms with van der Waals surface area (Å²) in [6.07, 6.45) is 0. The van der Waals surface area contributed by atoms with Gasteiger partial charge < -0.3 is 19.3 Å². The van der Waals surface area contributed by atoms with Crippen molar-refractivity contribution >= 4 is 21.9 Å². The standard InChI is InChI=1S/C13H16BrNO5/c1-2-18-13(17)10(6-16)15-5-8-3-11-12(4-9(8)14)20-7-19-11/h3-4,10,15-16H,2,5-7H2,1H3. The maximum atomic E-state index is 11.6. The van der Waals surface area contributed by atoms with E-state index in [1.54, 1.807) is 6.92 Å². The van der Waals surface area contributed by atoms with Crippen LogP contribution in [0.3, 0.4) is 0 Å². The van der Waals surface area contributed by atoms with Crippen LogP contribution >= 0.6 is 15.9 Å². The summed E-state index contributed by atoms with van der Waals surface area (Å²) in [4.78, 5) is 11.6. The van der Waals surface area contributed by atoms with Crippen LogP contribution in [0.25, 0.3) is 0 Å². The summed E-state index contributed by atoms with van der Waals surface area (Å²) in [7, 11) is 0. The van der Waals surface area contributed by atoms with E-state index in [0.29, 0.717) is 18.0 Å². The average molecular weight is 346 g/mol. The van der Waals surface area contributed by atoms with Gasteiger partial charge in [0, 0.05) is 11.0 Å². The van der Waals surface area contributed by atoms with Crippen molar-refractivity contribution in [2.45, 2.75) is 19.5 Å². The van der Waals surface area contributed by atoms with Gasteiger partial charge in [-0.05, 0) is 24.6 Å². The first-order valence-corrected chi connectivity index (χ1v) is 7.04. The zero-order valence-corrected chi connectivity index (χ0v) is 12.6. The number of halogens is 1. The minimum Gasteiger partial charge on any atom is -0.465 e. The molecule has 6 nitrogen and oxygen atoms in total. The van der Waals surface area contributed by atoms with Gasteiger partial charge in [-0.2, -0.15) is 0 Å². The Hall–Kier alpha value is -1.31. The highest BCUT2D eigenvalue weighted by molar-refractivity contribution is 9.10. The molecule has 1 aliphatic rings. The van der Waals surface area contributed by atoms with E-state index in [9.17, 15) is 9.90 Å². The third-order valence-corrected chi connectivity index (χ3v) is 3.57. The molecule has 1 aliphatic heterocycles. The Morgan fingerprint density at radius 3 is 2.85 bits per heavy atom. The minimum absolute atomic E-state index is 0.209. The zero-order valence-electron chi connectivity index (χ0n) is 11.0. The summed E-state index contributed by atoms with van der Waals surface area (Å²) in [5.41, 5.74) is 0.900. The molecule has 0 amide bonds. The van der Waals surface area contributed by atoms with E-state index in [1.165, 1.54) is 0 Å². The van der Waals surface area contributed by atoms with E-state index in [-0.39, 0.29) is 20.0 Å². The smallest absolute Gasteiger partial charge is 0.325 e. The molecule has 0 bridgehead atoms. The Balaban J connectivity index is 2.01. The third-order valence-electron chi connectivity index (χ3n) is 2.83. The number of hydrogen-bond donors (Lipinski definition) is 2. The van der Waals surface area contributed by atoms with Crippen LogP contribution in [0.4, 0.5) is 0 Å². The third kappa shape index (κ3) is 3.41. The molecule has 0 saturated heterocycles. The fourth-order valence-corrected chi connectivity index (χ4v) is 2.26. The number of carbonyl (C=O) groups excluding carboxylic acids is 1. The van der Waals surface area contributed by atoms with Gasteiger partial charge in [-0.3, -0.25) is 10.1 Å². The molecule has 1 aromatic carbocycles. The molecule has 0 saturated carbocycles. The van der Waals surface area contributed by atoms with Crippen LogP contribution in [0, 0.1) is 0 Å². The summed E-state index contributed by atoms with van der Waals surface area (Å²) in [5, 5.41) is 12.2. The summed E-state index contributed by atoms with van der Waals surface area (Å²) in [6.45, 7) is 2.29. The van der Waals surface area contributed by atoms with Gasteiger partial charge in [-0.25, -0.2) is 0 Å². The molecule has 1 aromatic rings. The lowest BCUT2D eigenvalue weighted by molar-refractivity contribution is -0.146. The monoisotopic (exact) mass is 345 g/mol. The number of nitrogens with one attached hydrogen (secondary N) is 1. The lowest BCUT2D eigenvalue weighted by Gasteiger charge is -2.15. The number of aliphatic hydroxyl groups is 1. The number of benzene rings is 1. The van der Waals surface area contributed by atoms with Crippen LogP contribution in [0.1, 0.15) is 12.5 Å². The van der Waals surface area contributed by atoms with Crippen LogP contribution in [0.2, 0.25) is 0 Å². The Labute approximate surface area is 125 Å². The highest BCUT2D eigenvalue weighted by Crippen LogP contribution is 2.36. The van der Waals surface area contributed by atoms with Crippen molar-refractivity contribution in [1.29, 1.82) is 0 Å². The number of esters is 1. The molecule has 0 aromatic heterocycles. The first kappa shape index (κ1) is 15.1. The average Bonchev–Trinajstić information content (AvgIpc) is 2.86. The molecule has 2 N–H and O–H groups in total. The highest BCUT2D eigenvalue weighted by atomic mass is 79.9. The quantitative estimate of drug-likeness (QED) is 0.754. The van der Waals surface area contributed by atoms with E-state index < -0.39 is 12.0 Å². The van der Waals surface area contributed by atoms with Gasteiger partial charge in [0.25, 0.3) is 0 Å². The number of fused-ring (bicyclic) bond motifs is 1. The molecule has 20 heavy (non-hydrogen) atoms. The Morgan fingerprint density at radius 2 is 2.20 bits per heavy atom. The first-order valence-electron chi connectivity index (χ1n) is 6.24. The second kappa shape index (κ2) is 6.92. The lowest BCUT2D eigenvalue weighted by atomic mass is 10.2. The molecule has 7 heteroatoms. The fourth-order valence-electron chi connectivity index (χ4n) is 1.79. The molecular weight excluding hydrogens is 330 g/mol. The van der Waals surface area contributed by atoms with Crippen LogP contribution in [0.5, 0.6) is 11.5 Å². The van der Waals surface area contributed by atoms with Crippen molar-refractivity contribution in [3.8, 4) is 11.5 Å². The SMILES string of the molecule is CCOC(=O)C(CO)NCc1cc2c(cc1Br)OCO2. The molecule has 0 radical (unpaired) electrons. The Morgan fingerprint density at radius 1 is 1.50 bits per heavy atom. The number of ether oxygens (including phenoxy) is 3. The summed E-state index contributed by atoms with van der Waals surface area (Å²) < 4.78 is 16.3. The number of rotatable bonds is 6. The van der Waals surface area contributed by atoms with Crippen molar-refractivity contribution in [2.24, 2.45) is 0 Å². The minimum atomic E-state index is -0.743. The number of carbonyl (C=O) groups is 1. The normalized spacial score (nSPS) is 14.2. The second-order valence-electron chi connectivity index (χ2n) is 4.16. The molecule has 0 spiro atoms. The summed E-state index contributed by atoms with van der Waals surface area (Å²) >= 11 is 3.44. The van der Waals surface area contributed by atoms with Crippen LogP contribution in [-0.4, -0.2) is 37.1 Å². The largest absolute Gasteiger partial charge is 0.465 e. The second-order valence-corrected chi connectivity index (χ2v) is 5.02. The van der Waals surface area contributed by atoms with Gasteiger partial charge in [-0.1, -0.05) is 15.9 Å².